The predicted molar refractivity (Wildman–Crippen MR) is 111 cm³/mol. The SMILES string of the molecule is CC.CCC.NC1CCN(CC(O)(Cn2cncn2)c2ccc(F)cc2F)CC1. The number of halogens is 2. The smallest absolute Gasteiger partial charge is 0.137 e. The number of aromatic nitrogens is 3. The lowest BCUT2D eigenvalue weighted by molar-refractivity contribution is -0.0264. The van der Waals surface area contributed by atoms with Gasteiger partial charge in [0, 0.05) is 24.2 Å². The number of hydrogen-bond acceptors (Lipinski definition) is 5. The number of hydrogen-bond donors (Lipinski definition) is 2. The molecule has 2 aromatic rings. The molecule has 1 atom stereocenters. The fourth-order valence-electron chi connectivity index (χ4n) is 3.15. The maximum Gasteiger partial charge on any atom is 0.137 e. The van der Waals surface area contributed by atoms with Crippen molar-refractivity contribution in [2.75, 3.05) is 19.6 Å². The van der Waals surface area contributed by atoms with Gasteiger partial charge in [-0.3, -0.25) is 4.90 Å². The number of nitrogens with two attached hydrogens (primary N) is 1. The van der Waals surface area contributed by atoms with Gasteiger partial charge in [0.15, 0.2) is 0 Å². The molecule has 1 aromatic heterocycles. The van der Waals surface area contributed by atoms with E-state index in [1.807, 2.05) is 18.7 Å². The molecule has 0 radical (unpaired) electrons. The number of β-amino-alcohol motifs (C(OH)–C–C–N with tert-alkyl or cyclic N) is 1. The van der Waals surface area contributed by atoms with Crippen LogP contribution in [0.1, 0.15) is 52.5 Å². The molecule has 3 rings (SSSR count). The minimum atomic E-state index is -1.55. The molecule has 1 saturated heterocycles. The molecule has 1 fully saturated rings. The van der Waals surface area contributed by atoms with Crippen LogP contribution in [-0.2, 0) is 12.1 Å². The summed E-state index contributed by atoms with van der Waals surface area (Å²) in [6.45, 7) is 9.94. The second kappa shape index (κ2) is 12.6. The number of likely N-dealkylation sites (tertiary alicyclic amines) is 1. The summed E-state index contributed by atoms with van der Waals surface area (Å²) in [7, 11) is 0. The summed E-state index contributed by atoms with van der Waals surface area (Å²) in [5.74, 6) is -1.45. The molecule has 0 bridgehead atoms. The van der Waals surface area contributed by atoms with Gasteiger partial charge >= 0.3 is 0 Å². The second-order valence-electron chi connectivity index (χ2n) is 7.07. The molecular weight excluding hydrogens is 376 g/mol. The van der Waals surface area contributed by atoms with Crippen molar-refractivity contribution in [3.05, 3.63) is 48.1 Å². The summed E-state index contributed by atoms with van der Waals surface area (Å²) in [6.07, 6.45) is 5.70. The fraction of sp³-hybridized carbons (Fsp3) is 0.619. The van der Waals surface area contributed by atoms with Crippen molar-refractivity contribution in [1.82, 2.24) is 19.7 Å². The average molecular weight is 412 g/mol. The Morgan fingerprint density at radius 1 is 1.17 bits per heavy atom. The Hall–Kier alpha value is -1.90. The van der Waals surface area contributed by atoms with Crippen molar-refractivity contribution in [2.45, 2.75) is 65.1 Å². The molecule has 2 heterocycles. The first kappa shape index (κ1) is 25.1. The van der Waals surface area contributed by atoms with E-state index in [4.69, 9.17) is 5.73 Å². The molecule has 164 valence electrons. The molecule has 29 heavy (non-hydrogen) atoms. The number of aliphatic hydroxyl groups is 1. The third-order valence-corrected chi connectivity index (χ3v) is 4.44. The van der Waals surface area contributed by atoms with Crippen LogP contribution in [0.25, 0.3) is 0 Å². The van der Waals surface area contributed by atoms with Gasteiger partial charge in [-0.1, -0.05) is 40.2 Å². The van der Waals surface area contributed by atoms with Crippen LogP contribution in [-0.4, -0.2) is 50.4 Å². The number of rotatable bonds is 5. The van der Waals surface area contributed by atoms with E-state index in [9.17, 15) is 13.9 Å². The Morgan fingerprint density at radius 2 is 1.79 bits per heavy atom. The van der Waals surface area contributed by atoms with Gasteiger partial charge in [-0.2, -0.15) is 5.10 Å². The molecule has 1 aliphatic rings. The number of nitrogens with zero attached hydrogens (tertiary/aromatic N) is 4. The van der Waals surface area contributed by atoms with Gasteiger partial charge in [0.25, 0.3) is 0 Å². The first-order chi connectivity index (χ1) is 13.9. The largest absolute Gasteiger partial charge is 0.382 e. The predicted octanol–water partition coefficient (Wildman–Crippen LogP) is 3.31. The zero-order valence-corrected chi connectivity index (χ0v) is 18.0. The third-order valence-electron chi connectivity index (χ3n) is 4.44. The number of benzene rings is 1. The van der Waals surface area contributed by atoms with Gasteiger partial charge in [0.05, 0.1) is 6.54 Å². The minimum absolute atomic E-state index is 0.0259. The van der Waals surface area contributed by atoms with Crippen molar-refractivity contribution in [1.29, 1.82) is 0 Å². The van der Waals surface area contributed by atoms with Gasteiger partial charge in [0.2, 0.25) is 0 Å². The second-order valence-corrected chi connectivity index (χ2v) is 7.07. The highest BCUT2D eigenvalue weighted by molar-refractivity contribution is 5.25. The van der Waals surface area contributed by atoms with Crippen LogP contribution >= 0.6 is 0 Å². The maximum absolute atomic E-state index is 14.3. The lowest BCUT2D eigenvalue weighted by atomic mass is 9.91. The fourth-order valence-corrected chi connectivity index (χ4v) is 3.15. The summed E-state index contributed by atoms with van der Waals surface area (Å²) < 4.78 is 29.0. The van der Waals surface area contributed by atoms with Crippen LogP contribution in [0.2, 0.25) is 0 Å². The van der Waals surface area contributed by atoms with E-state index in [2.05, 4.69) is 23.9 Å². The summed E-state index contributed by atoms with van der Waals surface area (Å²) in [5, 5.41) is 15.2. The van der Waals surface area contributed by atoms with Gasteiger partial charge in [0.1, 0.15) is 29.9 Å². The molecule has 1 unspecified atom stereocenters. The highest BCUT2D eigenvalue weighted by Gasteiger charge is 2.36. The molecule has 8 heteroatoms. The zero-order chi connectivity index (χ0) is 21.9. The molecular formula is C21H35F2N5O. The lowest BCUT2D eigenvalue weighted by Crippen LogP contribution is -2.49. The molecule has 1 aliphatic heterocycles. The summed E-state index contributed by atoms with van der Waals surface area (Å²) in [4.78, 5) is 5.89. The van der Waals surface area contributed by atoms with Gasteiger partial charge in [-0.25, -0.2) is 18.4 Å². The van der Waals surface area contributed by atoms with Crippen molar-refractivity contribution < 1.29 is 13.9 Å². The topological polar surface area (TPSA) is 80.2 Å². The van der Waals surface area contributed by atoms with E-state index in [0.29, 0.717) is 0 Å². The van der Waals surface area contributed by atoms with E-state index in [-0.39, 0.29) is 24.7 Å². The monoisotopic (exact) mass is 411 g/mol. The summed E-state index contributed by atoms with van der Waals surface area (Å²) in [6, 6.07) is 3.38. The summed E-state index contributed by atoms with van der Waals surface area (Å²) in [5.41, 5.74) is 4.41. The van der Waals surface area contributed by atoms with Gasteiger partial charge < -0.3 is 10.8 Å². The molecule has 1 aromatic carbocycles. The Balaban J connectivity index is 0.000000771. The molecule has 0 aliphatic carbocycles. The Morgan fingerprint density at radius 3 is 2.31 bits per heavy atom. The van der Waals surface area contributed by atoms with E-state index >= 15 is 0 Å². The van der Waals surface area contributed by atoms with Crippen LogP contribution in [0.3, 0.4) is 0 Å². The van der Waals surface area contributed by atoms with Crippen molar-refractivity contribution in [3.63, 3.8) is 0 Å². The molecule has 0 spiro atoms. The zero-order valence-electron chi connectivity index (χ0n) is 18.0. The van der Waals surface area contributed by atoms with Crippen molar-refractivity contribution >= 4 is 0 Å². The Kier molecular flexibility index (Phi) is 10.9. The van der Waals surface area contributed by atoms with E-state index in [0.717, 1.165) is 38.1 Å². The van der Waals surface area contributed by atoms with Crippen molar-refractivity contribution in [3.8, 4) is 0 Å². The Bertz CT molecular complexity index is 690. The van der Waals surface area contributed by atoms with E-state index in [1.54, 1.807) is 0 Å². The standard InChI is InChI=1S/C16H21F2N5O.C3H8.C2H6/c17-12-1-2-14(15(18)7-12)16(24,9-23-11-20-10-21-23)8-22-5-3-13(19)4-6-22;1-3-2;1-2/h1-2,7,10-11,13,24H,3-6,8-9,19H2;3H2,1-2H3;1-2H3. The third kappa shape index (κ3) is 7.79. The lowest BCUT2D eigenvalue weighted by Gasteiger charge is -2.37. The van der Waals surface area contributed by atoms with Gasteiger partial charge in [-0.05, 0) is 32.0 Å². The molecule has 0 amide bonds. The van der Waals surface area contributed by atoms with Crippen LogP contribution < -0.4 is 5.73 Å². The average Bonchev–Trinajstić information content (AvgIpc) is 3.18. The number of piperidine rings is 1. The maximum atomic E-state index is 14.3. The molecule has 3 N–H and O–H groups in total. The van der Waals surface area contributed by atoms with Crippen LogP contribution in [0.5, 0.6) is 0 Å². The Labute approximate surface area is 172 Å². The highest BCUT2D eigenvalue weighted by Crippen LogP contribution is 2.28. The van der Waals surface area contributed by atoms with Crippen LogP contribution in [0.4, 0.5) is 8.78 Å². The minimum Gasteiger partial charge on any atom is -0.382 e. The van der Waals surface area contributed by atoms with E-state index in [1.165, 1.54) is 29.8 Å². The first-order valence-electron chi connectivity index (χ1n) is 10.4. The van der Waals surface area contributed by atoms with Crippen LogP contribution in [0.15, 0.2) is 30.9 Å². The van der Waals surface area contributed by atoms with Gasteiger partial charge in [-0.15, -0.1) is 0 Å². The quantitative estimate of drug-likeness (QED) is 0.789. The molecule has 6 nitrogen and oxygen atoms in total. The molecule has 0 saturated carbocycles. The first-order valence-corrected chi connectivity index (χ1v) is 10.4. The van der Waals surface area contributed by atoms with Crippen molar-refractivity contribution in [2.24, 2.45) is 5.73 Å². The van der Waals surface area contributed by atoms with E-state index < -0.39 is 17.2 Å². The normalized spacial score (nSPS) is 16.8. The summed E-state index contributed by atoms with van der Waals surface area (Å²) >= 11 is 0. The highest BCUT2D eigenvalue weighted by atomic mass is 19.1. The van der Waals surface area contributed by atoms with Crippen LogP contribution in [0, 0.1) is 11.6 Å².